The number of hydrogen-bond acceptors (Lipinski definition) is 5. The van der Waals surface area contributed by atoms with E-state index in [9.17, 15) is 18.0 Å². The van der Waals surface area contributed by atoms with Gasteiger partial charge in [-0.05, 0) is 19.3 Å². The highest BCUT2D eigenvalue weighted by molar-refractivity contribution is 8.13. The van der Waals surface area contributed by atoms with Gasteiger partial charge in [-0.15, -0.1) is 0 Å². The van der Waals surface area contributed by atoms with Gasteiger partial charge in [-0.25, -0.2) is 13.2 Å². The largest absolute Gasteiger partial charge is 0.376 e. The summed E-state index contributed by atoms with van der Waals surface area (Å²) < 4.78 is 29.0. The van der Waals surface area contributed by atoms with Gasteiger partial charge in [0.15, 0.2) is 4.90 Å². The maximum atomic E-state index is 11.6. The number of halogens is 1. The fourth-order valence-electron chi connectivity index (χ4n) is 1.97. The Balaban J connectivity index is 2.35. The molecule has 2 rings (SSSR count). The zero-order valence-electron chi connectivity index (χ0n) is 9.96. The number of hydrogen-bond donors (Lipinski definition) is 1. The molecule has 2 heterocycles. The highest BCUT2D eigenvalue weighted by Gasteiger charge is 2.20. The zero-order chi connectivity index (χ0) is 14.0. The summed E-state index contributed by atoms with van der Waals surface area (Å²) in [5.74, 6) is 0. The van der Waals surface area contributed by atoms with Gasteiger partial charge in [-0.3, -0.25) is 14.3 Å². The number of ether oxygens (including phenoxy) is 1. The van der Waals surface area contributed by atoms with E-state index in [-0.39, 0.29) is 12.6 Å². The third kappa shape index (κ3) is 3.46. The van der Waals surface area contributed by atoms with Crippen LogP contribution in [0.3, 0.4) is 0 Å². The summed E-state index contributed by atoms with van der Waals surface area (Å²) >= 11 is 0. The molecule has 1 atom stereocenters. The lowest BCUT2D eigenvalue weighted by Crippen LogP contribution is -2.36. The molecule has 19 heavy (non-hydrogen) atoms. The fraction of sp³-hybridized carbons (Fsp3) is 0.600. The molecule has 1 aliphatic rings. The number of nitrogens with one attached hydrogen (secondary N) is 1. The molecule has 106 valence electrons. The van der Waals surface area contributed by atoms with E-state index in [1.807, 2.05) is 4.98 Å². The van der Waals surface area contributed by atoms with Gasteiger partial charge in [0.05, 0.1) is 12.6 Å². The summed E-state index contributed by atoms with van der Waals surface area (Å²) in [6, 6.07) is 0. The first kappa shape index (κ1) is 14.3. The first-order valence-electron chi connectivity index (χ1n) is 5.78. The van der Waals surface area contributed by atoms with Crippen molar-refractivity contribution >= 4 is 19.7 Å². The lowest BCUT2D eigenvalue weighted by atomic mass is 10.1. The van der Waals surface area contributed by atoms with Crippen molar-refractivity contribution < 1.29 is 13.2 Å². The Bertz CT molecular complexity index is 672. The number of nitrogens with zero attached hydrogens (tertiary/aromatic N) is 1. The van der Waals surface area contributed by atoms with E-state index in [1.54, 1.807) is 0 Å². The average molecular weight is 309 g/mol. The maximum absolute atomic E-state index is 11.6. The molecule has 0 aliphatic carbocycles. The quantitative estimate of drug-likeness (QED) is 0.795. The van der Waals surface area contributed by atoms with Crippen molar-refractivity contribution in [3.8, 4) is 0 Å². The normalized spacial score (nSPS) is 20.4. The molecule has 0 bridgehead atoms. The topological polar surface area (TPSA) is 98.2 Å². The highest BCUT2D eigenvalue weighted by atomic mass is 35.7. The van der Waals surface area contributed by atoms with Crippen LogP contribution in [0.5, 0.6) is 0 Å². The van der Waals surface area contributed by atoms with Crippen LogP contribution >= 0.6 is 10.7 Å². The number of aromatic amines is 1. The third-order valence-electron chi connectivity index (χ3n) is 2.92. The Labute approximate surface area is 113 Å². The van der Waals surface area contributed by atoms with Crippen LogP contribution in [0.1, 0.15) is 19.3 Å². The Morgan fingerprint density at radius 1 is 1.42 bits per heavy atom. The van der Waals surface area contributed by atoms with Crippen LogP contribution in [-0.4, -0.2) is 30.7 Å². The van der Waals surface area contributed by atoms with Gasteiger partial charge in [0.2, 0.25) is 0 Å². The summed E-state index contributed by atoms with van der Waals surface area (Å²) in [6.07, 6.45) is 3.54. The monoisotopic (exact) mass is 308 g/mol. The second kappa shape index (κ2) is 5.48. The fourth-order valence-corrected chi connectivity index (χ4v) is 2.82. The van der Waals surface area contributed by atoms with Crippen LogP contribution in [0.25, 0.3) is 0 Å². The third-order valence-corrected chi connectivity index (χ3v) is 4.23. The summed E-state index contributed by atoms with van der Waals surface area (Å²) in [5, 5.41) is 0. The van der Waals surface area contributed by atoms with Crippen molar-refractivity contribution in [3.63, 3.8) is 0 Å². The van der Waals surface area contributed by atoms with E-state index in [2.05, 4.69) is 0 Å². The Hall–Kier alpha value is -1.12. The van der Waals surface area contributed by atoms with Crippen LogP contribution in [0, 0.1) is 0 Å². The minimum atomic E-state index is -4.19. The number of rotatable bonds is 3. The predicted molar refractivity (Wildman–Crippen MR) is 68.0 cm³/mol. The minimum absolute atomic E-state index is 0.164. The molecule has 1 fully saturated rings. The average Bonchev–Trinajstić information content (AvgIpc) is 2.32. The summed E-state index contributed by atoms with van der Waals surface area (Å²) in [6.45, 7) is 0.804. The minimum Gasteiger partial charge on any atom is -0.376 e. The molecule has 1 aromatic heterocycles. The van der Waals surface area contributed by atoms with Crippen molar-refractivity contribution in [1.82, 2.24) is 9.55 Å². The molecule has 0 radical (unpaired) electrons. The summed E-state index contributed by atoms with van der Waals surface area (Å²) in [5.41, 5.74) is -1.69. The summed E-state index contributed by atoms with van der Waals surface area (Å²) in [4.78, 5) is 24.3. The van der Waals surface area contributed by atoms with Crippen LogP contribution < -0.4 is 11.2 Å². The lowest BCUT2D eigenvalue weighted by molar-refractivity contribution is 0.00506. The molecule has 1 aliphatic heterocycles. The van der Waals surface area contributed by atoms with E-state index < -0.39 is 25.2 Å². The van der Waals surface area contributed by atoms with Gasteiger partial charge in [0, 0.05) is 23.5 Å². The molecule has 0 saturated carbocycles. The summed E-state index contributed by atoms with van der Waals surface area (Å²) in [7, 11) is 0.951. The van der Waals surface area contributed by atoms with Crippen molar-refractivity contribution in [2.75, 3.05) is 6.61 Å². The standard InChI is InChI=1S/C10H13ClN2O5S/c11-19(16,17)8-6-13(10(15)12-9(8)14)5-7-3-1-2-4-18-7/h6-7H,1-5H2,(H,12,14,15). The van der Waals surface area contributed by atoms with E-state index in [0.717, 1.165) is 30.0 Å². The second-order valence-corrected chi connectivity index (χ2v) is 6.87. The van der Waals surface area contributed by atoms with Crippen LogP contribution in [-0.2, 0) is 20.3 Å². The van der Waals surface area contributed by atoms with Gasteiger partial charge in [0.1, 0.15) is 0 Å². The van der Waals surface area contributed by atoms with Gasteiger partial charge >= 0.3 is 5.69 Å². The molecule has 1 aromatic rings. The van der Waals surface area contributed by atoms with Crippen molar-refractivity contribution in [3.05, 3.63) is 27.0 Å². The molecular formula is C10H13ClN2O5S. The van der Waals surface area contributed by atoms with Gasteiger partial charge < -0.3 is 4.74 Å². The SMILES string of the molecule is O=c1[nH]c(=O)n(CC2CCCCO2)cc1S(=O)(=O)Cl. The molecule has 1 N–H and O–H groups in total. The zero-order valence-corrected chi connectivity index (χ0v) is 11.5. The van der Waals surface area contributed by atoms with E-state index >= 15 is 0 Å². The van der Waals surface area contributed by atoms with Crippen molar-refractivity contribution in [1.29, 1.82) is 0 Å². The van der Waals surface area contributed by atoms with E-state index in [4.69, 9.17) is 15.4 Å². The molecular weight excluding hydrogens is 296 g/mol. The highest BCUT2D eigenvalue weighted by Crippen LogP contribution is 2.14. The maximum Gasteiger partial charge on any atom is 0.328 e. The smallest absolute Gasteiger partial charge is 0.328 e. The van der Waals surface area contributed by atoms with Crippen molar-refractivity contribution in [2.45, 2.75) is 36.8 Å². The molecule has 0 amide bonds. The lowest BCUT2D eigenvalue weighted by Gasteiger charge is -2.23. The first-order chi connectivity index (χ1) is 8.88. The van der Waals surface area contributed by atoms with Gasteiger partial charge in [0.25, 0.3) is 14.6 Å². The van der Waals surface area contributed by atoms with Gasteiger partial charge in [-0.1, -0.05) is 0 Å². The number of aromatic nitrogens is 2. The van der Waals surface area contributed by atoms with E-state index in [1.165, 1.54) is 0 Å². The second-order valence-electron chi connectivity index (χ2n) is 4.33. The molecule has 1 unspecified atom stereocenters. The molecule has 9 heteroatoms. The predicted octanol–water partition coefficient (Wildman–Crippen LogP) is 0.0332. The van der Waals surface area contributed by atoms with Crippen LogP contribution in [0.15, 0.2) is 20.7 Å². The molecule has 7 nitrogen and oxygen atoms in total. The van der Waals surface area contributed by atoms with Gasteiger partial charge in [-0.2, -0.15) is 0 Å². The Morgan fingerprint density at radius 2 is 2.16 bits per heavy atom. The van der Waals surface area contributed by atoms with Crippen LogP contribution in [0.2, 0.25) is 0 Å². The molecule has 0 spiro atoms. The molecule has 1 saturated heterocycles. The number of H-pyrrole nitrogens is 1. The first-order valence-corrected chi connectivity index (χ1v) is 8.09. The van der Waals surface area contributed by atoms with Crippen LogP contribution in [0.4, 0.5) is 0 Å². The van der Waals surface area contributed by atoms with Crippen molar-refractivity contribution in [2.24, 2.45) is 0 Å². The Kier molecular flexibility index (Phi) is 4.12. The molecule has 0 aromatic carbocycles. The Morgan fingerprint density at radius 3 is 2.74 bits per heavy atom. The van der Waals surface area contributed by atoms with E-state index in [0.29, 0.717) is 6.61 Å².